The topological polar surface area (TPSA) is 75.7 Å². The maximum Gasteiger partial charge on any atom is 0.253 e. The van der Waals surface area contributed by atoms with E-state index in [0.717, 1.165) is 11.3 Å². The predicted molar refractivity (Wildman–Crippen MR) is 99.9 cm³/mol. The first-order valence-corrected chi connectivity index (χ1v) is 9.96. The highest BCUT2D eigenvalue weighted by Gasteiger charge is 2.28. The zero-order valence-electron chi connectivity index (χ0n) is 14.2. The van der Waals surface area contributed by atoms with Crippen LogP contribution in [0.5, 0.6) is 0 Å². The first-order chi connectivity index (χ1) is 12.4. The number of carbonyl (C=O) groups excluding carboxylic acids is 1. The maximum atomic E-state index is 12.4. The number of sulfonamides is 1. The number of amides is 1. The Labute approximate surface area is 157 Å². The zero-order valence-corrected chi connectivity index (χ0v) is 15.8. The van der Waals surface area contributed by atoms with Crippen LogP contribution in [0.3, 0.4) is 0 Å². The monoisotopic (exact) mass is 394 g/mol. The van der Waals surface area contributed by atoms with E-state index in [1.807, 2.05) is 30.3 Å². The van der Waals surface area contributed by atoms with E-state index in [2.05, 4.69) is 4.72 Å². The largest absolute Gasteiger partial charge is 0.365 e. The average Bonchev–Trinajstić information content (AvgIpc) is 2.64. The van der Waals surface area contributed by atoms with Crippen LogP contribution in [-0.2, 0) is 19.6 Å². The Balaban J connectivity index is 1.67. The number of nitrogens with one attached hydrogen (secondary N) is 1. The zero-order chi connectivity index (χ0) is 18.7. The summed E-state index contributed by atoms with van der Waals surface area (Å²) in [6.45, 7) is 2.05. The van der Waals surface area contributed by atoms with Crippen LogP contribution in [-0.4, -0.2) is 40.1 Å². The van der Waals surface area contributed by atoms with Crippen molar-refractivity contribution in [2.75, 3.05) is 24.6 Å². The van der Waals surface area contributed by atoms with E-state index < -0.39 is 16.1 Å². The molecule has 1 amide bonds. The van der Waals surface area contributed by atoms with Crippen molar-refractivity contribution in [3.63, 3.8) is 0 Å². The minimum absolute atomic E-state index is 0.0600. The van der Waals surface area contributed by atoms with Crippen molar-refractivity contribution in [2.24, 2.45) is 0 Å². The Hall–Kier alpha value is -1.93. The summed E-state index contributed by atoms with van der Waals surface area (Å²) in [7, 11) is -3.71. The summed E-state index contributed by atoms with van der Waals surface area (Å²) < 4.78 is 32.9. The number of halogens is 1. The van der Waals surface area contributed by atoms with Crippen molar-refractivity contribution >= 4 is 33.2 Å². The van der Waals surface area contributed by atoms with Gasteiger partial charge in [0, 0.05) is 17.3 Å². The molecule has 1 aliphatic heterocycles. The molecule has 1 aliphatic rings. The molecule has 1 fully saturated rings. The van der Waals surface area contributed by atoms with E-state index in [1.54, 1.807) is 17.9 Å². The second kappa shape index (κ2) is 7.75. The fourth-order valence-corrected chi connectivity index (χ4v) is 3.97. The van der Waals surface area contributed by atoms with Gasteiger partial charge in [-0.15, -0.1) is 0 Å². The minimum Gasteiger partial charge on any atom is -0.365 e. The van der Waals surface area contributed by atoms with Crippen LogP contribution in [0.15, 0.2) is 53.4 Å². The molecule has 2 aromatic carbocycles. The summed E-state index contributed by atoms with van der Waals surface area (Å²) in [5.74, 6) is -0.152. The molecule has 1 unspecified atom stereocenters. The van der Waals surface area contributed by atoms with Crippen LogP contribution in [0.4, 0.5) is 5.69 Å². The third-order valence-electron chi connectivity index (χ3n) is 4.15. The molecule has 1 saturated heterocycles. The van der Waals surface area contributed by atoms with Crippen molar-refractivity contribution in [2.45, 2.75) is 17.9 Å². The van der Waals surface area contributed by atoms with Gasteiger partial charge in [0.2, 0.25) is 10.0 Å². The normalized spacial score (nSPS) is 18.2. The van der Waals surface area contributed by atoms with Crippen LogP contribution in [0.2, 0.25) is 5.02 Å². The van der Waals surface area contributed by atoms with Crippen LogP contribution >= 0.6 is 11.6 Å². The number of anilines is 1. The van der Waals surface area contributed by atoms with E-state index >= 15 is 0 Å². The van der Waals surface area contributed by atoms with Gasteiger partial charge in [-0.3, -0.25) is 4.79 Å². The molecule has 6 nitrogen and oxygen atoms in total. The van der Waals surface area contributed by atoms with Crippen molar-refractivity contribution in [1.82, 2.24) is 4.72 Å². The lowest BCUT2D eigenvalue weighted by atomic mass is 10.2. The molecule has 138 valence electrons. The number of morpholine rings is 1. The quantitative estimate of drug-likeness (QED) is 0.844. The molecule has 3 rings (SSSR count). The lowest BCUT2D eigenvalue weighted by molar-refractivity contribution is -0.129. The minimum atomic E-state index is -3.71. The fourth-order valence-electron chi connectivity index (χ4n) is 2.63. The Morgan fingerprint density at radius 3 is 2.65 bits per heavy atom. The highest BCUT2D eigenvalue weighted by molar-refractivity contribution is 7.89. The molecule has 0 aliphatic carbocycles. The smallest absolute Gasteiger partial charge is 0.253 e. The molecule has 0 aromatic heterocycles. The van der Waals surface area contributed by atoms with Gasteiger partial charge in [-0.1, -0.05) is 35.9 Å². The second-order valence-electron chi connectivity index (χ2n) is 6.04. The number of ether oxygens (including phenoxy) is 1. The molecular formula is C18H19ClN2O4S. The lowest BCUT2D eigenvalue weighted by Crippen LogP contribution is -2.50. The van der Waals surface area contributed by atoms with Crippen LogP contribution in [0, 0.1) is 6.92 Å². The van der Waals surface area contributed by atoms with Crippen molar-refractivity contribution in [3.8, 4) is 0 Å². The van der Waals surface area contributed by atoms with E-state index in [1.165, 1.54) is 12.1 Å². The third-order valence-corrected chi connectivity index (χ3v) is 5.98. The number of carbonyl (C=O) groups is 1. The average molecular weight is 395 g/mol. The summed E-state index contributed by atoms with van der Waals surface area (Å²) in [5, 5.41) is 0.391. The second-order valence-corrected chi connectivity index (χ2v) is 8.21. The molecule has 1 atom stereocenters. The van der Waals surface area contributed by atoms with Gasteiger partial charge in [-0.25, -0.2) is 13.1 Å². The molecule has 2 aromatic rings. The molecule has 1 N–H and O–H groups in total. The molecule has 8 heteroatoms. The van der Waals surface area contributed by atoms with Crippen molar-refractivity contribution in [3.05, 3.63) is 59.1 Å². The fraction of sp³-hybridized carbons (Fsp3) is 0.278. The maximum absolute atomic E-state index is 12.4. The predicted octanol–water partition coefficient (Wildman–Crippen LogP) is 2.36. The summed E-state index contributed by atoms with van der Waals surface area (Å²) in [6.07, 6.45) is -0.441. The lowest BCUT2D eigenvalue weighted by Gasteiger charge is -2.32. The summed E-state index contributed by atoms with van der Waals surface area (Å²) in [6, 6.07) is 13.8. The molecule has 0 spiro atoms. The first kappa shape index (κ1) is 18.8. The number of hydrogen-bond acceptors (Lipinski definition) is 4. The Morgan fingerprint density at radius 2 is 1.96 bits per heavy atom. The molecule has 0 bridgehead atoms. The number of nitrogens with zero attached hydrogens (tertiary/aromatic N) is 1. The van der Waals surface area contributed by atoms with Gasteiger partial charge in [0.15, 0.2) is 0 Å². The summed E-state index contributed by atoms with van der Waals surface area (Å²) in [5.41, 5.74) is 1.57. The first-order valence-electron chi connectivity index (χ1n) is 8.09. The third kappa shape index (κ3) is 4.24. The number of aryl methyl sites for hydroxylation is 1. The van der Waals surface area contributed by atoms with Crippen molar-refractivity contribution < 1.29 is 17.9 Å². The van der Waals surface area contributed by atoms with Crippen molar-refractivity contribution in [1.29, 1.82) is 0 Å². The van der Waals surface area contributed by atoms with Crippen LogP contribution in [0.25, 0.3) is 0 Å². The Bertz CT molecular complexity index is 903. The molecule has 0 radical (unpaired) electrons. The molecule has 0 saturated carbocycles. The Kier molecular flexibility index (Phi) is 5.62. The SMILES string of the molecule is Cc1ccc(S(=O)(=O)NCC2CN(c3ccccc3)C(=O)CO2)cc1Cl. The van der Waals surface area contributed by atoms with Gasteiger partial charge >= 0.3 is 0 Å². The van der Waals surface area contributed by atoms with Gasteiger partial charge in [0.1, 0.15) is 6.61 Å². The summed E-state index contributed by atoms with van der Waals surface area (Å²) in [4.78, 5) is 13.8. The molecular weight excluding hydrogens is 376 g/mol. The van der Waals surface area contributed by atoms with Gasteiger partial charge < -0.3 is 9.64 Å². The highest BCUT2D eigenvalue weighted by atomic mass is 35.5. The summed E-state index contributed by atoms with van der Waals surface area (Å²) >= 11 is 6.01. The van der Waals surface area contributed by atoms with Gasteiger partial charge in [0.25, 0.3) is 5.91 Å². The van der Waals surface area contributed by atoms with Gasteiger partial charge in [-0.2, -0.15) is 0 Å². The van der Waals surface area contributed by atoms with Gasteiger partial charge in [-0.05, 0) is 36.8 Å². The van der Waals surface area contributed by atoms with E-state index in [0.29, 0.717) is 5.02 Å². The Morgan fingerprint density at radius 1 is 1.23 bits per heavy atom. The number of rotatable bonds is 5. The van der Waals surface area contributed by atoms with Gasteiger partial charge in [0.05, 0.1) is 17.5 Å². The van der Waals surface area contributed by atoms with E-state index in [4.69, 9.17) is 16.3 Å². The van der Waals surface area contributed by atoms with E-state index in [9.17, 15) is 13.2 Å². The number of benzene rings is 2. The molecule has 26 heavy (non-hydrogen) atoms. The van der Waals surface area contributed by atoms with E-state index in [-0.39, 0.29) is 30.5 Å². The highest BCUT2D eigenvalue weighted by Crippen LogP contribution is 2.21. The number of hydrogen-bond donors (Lipinski definition) is 1. The molecule has 1 heterocycles. The standard InChI is InChI=1S/C18H19ClN2O4S/c1-13-7-8-16(9-17(13)19)26(23,24)20-10-15-11-21(18(22)12-25-15)14-5-3-2-4-6-14/h2-9,15,20H,10-12H2,1H3. The van der Waals surface area contributed by atoms with Crippen LogP contribution < -0.4 is 9.62 Å². The number of para-hydroxylation sites is 1. The van der Waals surface area contributed by atoms with Crippen LogP contribution in [0.1, 0.15) is 5.56 Å².